The van der Waals surface area contributed by atoms with Crippen LogP contribution in [0.2, 0.25) is 0 Å². The highest BCUT2D eigenvalue weighted by Gasteiger charge is 2.11. The summed E-state index contributed by atoms with van der Waals surface area (Å²) < 4.78 is 7.09. The van der Waals surface area contributed by atoms with Crippen molar-refractivity contribution in [2.45, 2.75) is 39.7 Å². The molecule has 0 aromatic heterocycles. The van der Waals surface area contributed by atoms with Crippen LogP contribution < -0.4 is 10.1 Å². The van der Waals surface area contributed by atoms with Crippen LogP contribution in [0, 0.1) is 0 Å². The molecule has 0 spiro atoms. The molecule has 0 amide bonds. The predicted octanol–water partition coefficient (Wildman–Crippen LogP) is 3.95. The van der Waals surface area contributed by atoms with E-state index in [9.17, 15) is 0 Å². The Hall–Kier alpha value is -0.540. The first-order chi connectivity index (χ1) is 8.04. The summed E-state index contributed by atoms with van der Waals surface area (Å²) >= 11 is 3.50. The molecule has 0 heterocycles. The molecule has 0 aliphatic carbocycles. The molecule has 1 unspecified atom stereocenters. The van der Waals surface area contributed by atoms with E-state index in [2.05, 4.69) is 55.0 Å². The maximum Gasteiger partial charge on any atom is 0.123 e. The van der Waals surface area contributed by atoms with E-state index in [1.807, 2.05) is 12.1 Å². The molecule has 1 N–H and O–H groups in total. The molecule has 17 heavy (non-hydrogen) atoms. The highest BCUT2D eigenvalue weighted by molar-refractivity contribution is 9.10. The SMILES string of the molecule is CCNCC(C)Oc1ccc(Br)cc1C(C)C. The van der Waals surface area contributed by atoms with Gasteiger partial charge in [-0.05, 0) is 43.1 Å². The fourth-order valence-electron chi connectivity index (χ4n) is 1.68. The van der Waals surface area contributed by atoms with Gasteiger partial charge in [0.1, 0.15) is 11.9 Å². The molecule has 0 radical (unpaired) electrons. The van der Waals surface area contributed by atoms with Crippen molar-refractivity contribution in [3.05, 3.63) is 28.2 Å². The first kappa shape index (κ1) is 14.5. The number of ether oxygens (including phenoxy) is 1. The lowest BCUT2D eigenvalue weighted by atomic mass is 10.0. The molecule has 0 fully saturated rings. The van der Waals surface area contributed by atoms with Crippen LogP contribution in [0.1, 0.15) is 39.2 Å². The van der Waals surface area contributed by atoms with Crippen molar-refractivity contribution in [1.29, 1.82) is 0 Å². The third kappa shape index (κ3) is 4.68. The van der Waals surface area contributed by atoms with Gasteiger partial charge in [0.25, 0.3) is 0 Å². The maximum atomic E-state index is 5.98. The van der Waals surface area contributed by atoms with Gasteiger partial charge in [0.2, 0.25) is 0 Å². The van der Waals surface area contributed by atoms with Crippen molar-refractivity contribution in [1.82, 2.24) is 5.32 Å². The van der Waals surface area contributed by atoms with Gasteiger partial charge in [-0.1, -0.05) is 36.7 Å². The number of rotatable bonds is 6. The van der Waals surface area contributed by atoms with Gasteiger partial charge in [-0.25, -0.2) is 0 Å². The number of hydrogen-bond donors (Lipinski definition) is 1. The summed E-state index contributed by atoms with van der Waals surface area (Å²) in [4.78, 5) is 0. The largest absolute Gasteiger partial charge is 0.489 e. The second kappa shape index (κ2) is 7.02. The van der Waals surface area contributed by atoms with Crippen LogP contribution in [0.15, 0.2) is 22.7 Å². The van der Waals surface area contributed by atoms with Gasteiger partial charge in [0.15, 0.2) is 0 Å². The minimum atomic E-state index is 0.189. The third-order valence-corrected chi connectivity index (χ3v) is 3.10. The molecule has 1 atom stereocenters. The second-order valence-electron chi connectivity index (χ2n) is 4.57. The van der Waals surface area contributed by atoms with Gasteiger partial charge in [0, 0.05) is 11.0 Å². The highest BCUT2D eigenvalue weighted by Crippen LogP contribution is 2.30. The molecule has 0 saturated carbocycles. The Morgan fingerprint density at radius 1 is 1.29 bits per heavy atom. The third-order valence-electron chi connectivity index (χ3n) is 2.60. The van der Waals surface area contributed by atoms with Gasteiger partial charge in [-0.2, -0.15) is 0 Å². The lowest BCUT2D eigenvalue weighted by Crippen LogP contribution is -2.29. The fourth-order valence-corrected chi connectivity index (χ4v) is 2.06. The maximum absolute atomic E-state index is 5.98. The molecule has 1 aromatic carbocycles. The van der Waals surface area contributed by atoms with Crippen molar-refractivity contribution < 1.29 is 4.74 Å². The predicted molar refractivity (Wildman–Crippen MR) is 76.9 cm³/mol. The smallest absolute Gasteiger partial charge is 0.123 e. The van der Waals surface area contributed by atoms with E-state index in [1.54, 1.807) is 0 Å². The minimum Gasteiger partial charge on any atom is -0.489 e. The average molecular weight is 300 g/mol. The van der Waals surface area contributed by atoms with Crippen LogP contribution in [0.4, 0.5) is 0 Å². The molecule has 0 bridgehead atoms. The van der Waals surface area contributed by atoms with E-state index < -0.39 is 0 Å². The molecular formula is C14H22BrNO. The van der Waals surface area contributed by atoms with Crippen LogP contribution >= 0.6 is 15.9 Å². The van der Waals surface area contributed by atoms with Gasteiger partial charge in [-0.3, -0.25) is 0 Å². The average Bonchev–Trinajstić information content (AvgIpc) is 2.28. The van der Waals surface area contributed by atoms with E-state index in [1.165, 1.54) is 5.56 Å². The summed E-state index contributed by atoms with van der Waals surface area (Å²) in [5, 5.41) is 3.29. The number of hydrogen-bond acceptors (Lipinski definition) is 2. The molecule has 0 saturated heterocycles. The van der Waals surface area contributed by atoms with E-state index in [4.69, 9.17) is 4.74 Å². The number of halogens is 1. The number of likely N-dealkylation sites (N-methyl/N-ethyl adjacent to an activating group) is 1. The van der Waals surface area contributed by atoms with Gasteiger partial charge >= 0.3 is 0 Å². The monoisotopic (exact) mass is 299 g/mol. The van der Waals surface area contributed by atoms with Crippen molar-refractivity contribution >= 4 is 15.9 Å². The van der Waals surface area contributed by atoms with Gasteiger partial charge < -0.3 is 10.1 Å². The summed E-state index contributed by atoms with van der Waals surface area (Å²) in [6, 6.07) is 6.21. The number of benzene rings is 1. The zero-order chi connectivity index (χ0) is 12.8. The van der Waals surface area contributed by atoms with Crippen LogP contribution in [0.25, 0.3) is 0 Å². The molecule has 3 heteroatoms. The van der Waals surface area contributed by atoms with Crippen LogP contribution in [-0.4, -0.2) is 19.2 Å². The van der Waals surface area contributed by atoms with E-state index >= 15 is 0 Å². The van der Waals surface area contributed by atoms with Crippen molar-refractivity contribution in [2.75, 3.05) is 13.1 Å². The first-order valence-corrected chi connectivity index (χ1v) is 7.00. The number of nitrogens with one attached hydrogen (secondary N) is 1. The molecular weight excluding hydrogens is 278 g/mol. The van der Waals surface area contributed by atoms with Gasteiger partial charge in [0.05, 0.1) is 0 Å². The van der Waals surface area contributed by atoms with Crippen molar-refractivity contribution in [2.24, 2.45) is 0 Å². The van der Waals surface area contributed by atoms with Crippen molar-refractivity contribution in [3.8, 4) is 5.75 Å². The quantitative estimate of drug-likeness (QED) is 0.859. The van der Waals surface area contributed by atoms with Crippen LogP contribution in [-0.2, 0) is 0 Å². The Labute approximate surface area is 113 Å². The topological polar surface area (TPSA) is 21.3 Å². The Bertz CT molecular complexity index is 352. The molecule has 1 rings (SSSR count). The Balaban J connectivity index is 2.76. The van der Waals surface area contributed by atoms with E-state index in [-0.39, 0.29) is 6.10 Å². The standard InChI is InChI=1S/C14H22BrNO/c1-5-16-9-11(4)17-14-7-6-12(15)8-13(14)10(2)3/h6-8,10-11,16H,5,9H2,1-4H3. The minimum absolute atomic E-state index is 0.189. The summed E-state index contributed by atoms with van der Waals surface area (Å²) in [5.41, 5.74) is 1.25. The molecule has 0 aliphatic heterocycles. The highest BCUT2D eigenvalue weighted by atomic mass is 79.9. The van der Waals surface area contributed by atoms with Crippen LogP contribution in [0.5, 0.6) is 5.75 Å². The molecule has 2 nitrogen and oxygen atoms in total. The Morgan fingerprint density at radius 2 is 2.00 bits per heavy atom. The lowest BCUT2D eigenvalue weighted by Gasteiger charge is -2.19. The summed E-state index contributed by atoms with van der Waals surface area (Å²) in [5.74, 6) is 1.46. The molecule has 0 aliphatic rings. The molecule has 1 aromatic rings. The second-order valence-corrected chi connectivity index (χ2v) is 5.49. The zero-order valence-electron chi connectivity index (χ0n) is 11.1. The first-order valence-electron chi connectivity index (χ1n) is 6.21. The normalized spacial score (nSPS) is 12.8. The molecule has 96 valence electrons. The van der Waals surface area contributed by atoms with Gasteiger partial charge in [-0.15, -0.1) is 0 Å². The summed E-state index contributed by atoms with van der Waals surface area (Å²) in [6.45, 7) is 10.4. The summed E-state index contributed by atoms with van der Waals surface area (Å²) in [6.07, 6.45) is 0.189. The lowest BCUT2D eigenvalue weighted by molar-refractivity contribution is 0.215. The fraction of sp³-hybridized carbons (Fsp3) is 0.571. The Kier molecular flexibility index (Phi) is 6.00. The Morgan fingerprint density at radius 3 is 2.59 bits per heavy atom. The van der Waals surface area contributed by atoms with E-state index in [0.29, 0.717) is 5.92 Å². The van der Waals surface area contributed by atoms with Crippen LogP contribution in [0.3, 0.4) is 0 Å². The van der Waals surface area contributed by atoms with E-state index in [0.717, 1.165) is 23.3 Å². The van der Waals surface area contributed by atoms with Crippen molar-refractivity contribution in [3.63, 3.8) is 0 Å². The summed E-state index contributed by atoms with van der Waals surface area (Å²) in [7, 11) is 0. The zero-order valence-corrected chi connectivity index (χ0v) is 12.7.